The Labute approximate surface area is 296 Å². The summed E-state index contributed by atoms with van der Waals surface area (Å²) in [4.78, 5) is 29.5. The molecule has 2 amide bonds. The second-order valence-corrected chi connectivity index (χ2v) is 14.0. The third-order valence-electron chi connectivity index (χ3n) is 10.7. The number of carbonyl (C=O) groups is 2. The number of likely N-dealkylation sites (tertiary alicyclic amines) is 2. The van der Waals surface area contributed by atoms with Crippen LogP contribution in [0.25, 0.3) is 0 Å². The molecule has 2 aromatic carbocycles. The Morgan fingerprint density at radius 2 is 1.00 bits per heavy atom. The maximum atomic E-state index is 12.8. The number of hydrogen-bond donors (Lipinski definition) is 0. The van der Waals surface area contributed by atoms with E-state index in [9.17, 15) is 9.59 Å². The summed E-state index contributed by atoms with van der Waals surface area (Å²) in [5.74, 6) is 14.7. The Kier molecular flexibility index (Phi) is 15.1. The zero-order valence-corrected chi connectivity index (χ0v) is 31.1. The van der Waals surface area contributed by atoms with Gasteiger partial charge in [-0.2, -0.15) is 0 Å². The molecule has 0 spiro atoms. The van der Waals surface area contributed by atoms with Gasteiger partial charge >= 0.3 is 0 Å². The van der Waals surface area contributed by atoms with Gasteiger partial charge in [0.2, 0.25) is 11.8 Å². The van der Waals surface area contributed by atoms with Crippen LogP contribution in [-0.4, -0.2) is 47.8 Å². The highest BCUT2D eigenvalue weighted by atomic mass is 35.5. The summed E-state index contributed by atoms with van der Waals surface area (Å²) >= 11 is 0. The topological polar surface area (TPSA) is 40.6 Å². The van der Waals surface area contributed by atoms with Crippen LogP contribution >= 0.6 is 12.4 Å². The van der Waals surface area contributed by atoms with E-state index >= 15 is 0 Å². The van der Waals surface area contributed by atoms with Gasteiger partial charge in [0.05, 0.1) is 0 Å². The molecule has 0 unspecified atom stereocenters. The van der Waals surface area contributed by atoms with Gasteiger partial charge in [-0.05, 0) is 168 Å². The summed E-state index contributed by atoms with van der Waals surface area (Å²) in [6.45, 7) is 18.3. The number of carbonyl (C=O) groups excluding carboxylic acids is 2. The minimum absolute atomic E-state index is 0. The van der Waals surface area contributed by atoms with Crippen molar-refractivity contribution >= 4 is 24.2 Å². The monoisotopic (exact) mass is 666 g/mol. The smallest absolute Gasteiger partial charge is 0.247 e. The largest absolute Gasteiger partial charge is 0.339 e. The third kappa shape index (κ3) is 11.2. The first-order valence-corrected chi connectivity index (χ1v) is 17.6. The minimum atomic E-state index is 0. The molecule has 0 aliphatic carbocycles. The molecule has 2 aliphatic rings. The molecular formula is C43H55ClN2O2. The Balaban J connectivity index is 0.00000625. The van der Waals surface area contributed by atoms with Crippen LogP contribution in [0.2, 0.25) is 0 Å². The number of halogens is 1. The number of allylic oxidation sites excluding steroid dienone is 2. The lowest BCUT2D eigenvalue weighted by molar-refractivity contribution is -0.128. The quantitative estimate of drug-likeness (QED) is 0.219. The third-order valence-corrected chi connectivity index (χ3v) is 10.7. The molecule has 0 bridgehead atoms. The van der Waals surface area contributed by atoms with Crippen molar-refractivity contribution in [1.29, 1.82) is 0 Å². The second kappa shape index (κ2) is 18.7. The van der Waals surface area contributed by atoms with Gasteiger partial charge in [0.1, 0.15) is 0 Å². The summed E-state index contributed by atoms with van der Waals surface area (Å²) in [7, 11) is 0. The highest BCUT2D eigenvalue weighted by molar-refractivity contribution is 5.88. The fourth-order valence-electron chi connectivity index (χ4n) is 7.05. The highest BCUT2D eigenvalue weighted by Gasteiger charge is 2.27. The number of aryl methyl sites for hydroxylation is 4. The second-order valence-electron chi connectivity index (χ2n) is 14.0. The van der Waals surface area contributed by atoms with Crippen molar-refractivity contribution in [1.82, 2.24) is 9.80 Å². The van der Waals surface area contributed by atoms with Gasteiger partial charge in [-0.1, -0.05) is 37.0 Å². The van der Waals surface area contributed by atoms with Gasteiger partial charge in [-0.3, -0.25) is 9.59 Å². The van der Waals surface area contributed by atoms with E-state index in [-0.39, 0.29) is 24.2 Å². The molecule has 0 saturated carbocycles. The summed E-state index contributed by atoms with van der Waals surface area (Å²) in [6.07, 6.45) is 14.7. The van der Waals surface area contributed by atoms with Crippen molar-refractivity contribution in [2.45, 2.75) is 93.4 Å². The molecule has 2 heterocycles. The van der Waals surface area contributed by atoms with E-state index in [2.05, 4.69) is 96.4 Å². The van der Waals surface area contributed by atoms with Gasteiger partial charge < -0.3 is 9.80 Å². The molecule has 2 aliphatic heterocycles. The molecule has 2 saturated heterocycles. The van der Waals surface area contributed by atoms with E-state index < -0.39 is 0 Å². The van der Waals surface area contributed by atoms with E-state index in [1.54, 1.807) is 24.3 Å². The lowest BCUT2D eigenvalue weighted by Crippen LogP contribution is -2.39. The lowest BCUT2D eigenvalue weighted by Gasteiger charge is -2.36. The highest BCUT2D eigenvalue weighted by Crippen LogP contribution is 2.33. The summed E-state index contributed by atoms with van der Waals surface area (Å²) < 4.78 is 0. The van der Waals surface area contributed by atoms with Crippen molar-refractivity contribution in [3.8, 4) is 23.7 Å². The normalized spacial score (nSPS) is 15.7. The number of hydrogen-bond acceptors (Lipinski definition) is 2. The van der Waals surface area contributed by atoms with Gasteiger partial charge in [-0.25, -0.2) is 0 Å². The number of nitrogens with zero attached hydrogens (tertiary/aromatic N) is 2. The van der Waals surface area contributed by atoms with Crippen LogP contribution in [0.1, 0.15) is 96.4 Å². The predicted molar refractivity (Wildman–Crippen MR) is 202 cm³/mol. The first kappa shape index (κ1) is 38.7. The molecule has 256 valence electrons. The number of benzene rings is 2. The molecule has 0 aromatic heterocycles. The maximum absolute atomic E-state index is 12.8. The SMILES string of the molecule is CCC(CC1CCN(C(=O)/C=C/C#Cc2cc(C)c(C)c(C)c2)CC1)CC1CCN(C(=O)/C=C/C#Cc2cc(C)c(C)c(C)c2)CC1.Cl. The first-order valence-electron chi connectivity index (χ1n) is 17.6. The fourth-order valence-corrected chi connectivity index (χ4v) is 7.05. The Morgan fingerprint density at radius 1 is 0.667 bits per heavy atom. The summed E-state index contributed by atoms with van der Waals surface area (Å²) in [5, 5.41) is 0. The van der Waals surface area contributed by atoms with Crippen molar-refractivity contribution in [2.24, 2.45) is 17.8 Å². The van der Waals surface area contributed by atoms with E-state index in [4.69, 9.17) is 0 Å². The number of amides is 2. The predicted octanol–water partition coefficient (Wildman–Crippen LogP) is 8.76. The molecule has 0 radical (unpaired) electrons. The molecule has 4 rings (SSSR count). The standard InChI is InChI=1S/C43H54N2O2.ClH/c1-8-37(29-38-17-21-44(22-18-38)42(46)15-11-9-13-40-25-31(2)35(6)32(3)26-40)30-39-19-23-45(24-20-39)43(47)16-12-10-14-41-27-33(4)36(7)34(5)28-41;/h11-12,15-16,25-28,37-39H,8,17-24,29-30H2,1-7H3;1H/b15-11+,16-12+;. The molecule has 48 heavy (non-hydrogen) atoms. The van der Waals surface area contributed by atoms with E-state index in [1.807, 2.05) is 9.80 Å². The number of rotatable bonds is 7. The van der Waals surface area contributed by atoms with Gasteiger partial charge in [0.15, 0.2) is 0 Å². The van der Waals surface area contributed by atoms with Crippen molar-refractivity contribution in [2.75, 3.05) is 26.2 Å². The van der Waals surface area contributed by atoms with Crippen LogP contribution in [0.5, 0.6) is 0 Å². The maximum Gasteiger partial charge on any atom is 0.247 e. The zero-order chi connectivity index (χ0) is 33.9. The molecule has 2 aromatic rings. The first-order chi connectivity index (χ1) is 22.5. The average molecular weight is 667 g/mol. The van der Waals surface area contributed by atoms with E-state index in [0.717, 1.165) is 63.0 Å². The van der Waals surface area contributed by atoms with Gasteiger partial charge in [0.25, 0.3) is 0 Å². The number of piperidine rings is 2. The van der Waals surface area contributed by atoms with Gasteiger partial charge in [0, 0.05) is 49.5 Å². The molecule has 0 atom stereocenters. The molecule has 4 nitrogen and oxygen atoms in total. The van der Waals surface area contributed by atoms with E-state index in [1.165, 1.54) is 52.6 Å². The van der Waals surface area contributed by atoms with Crippen LogP contribution in [-0.2, 0) is 9.59 Å². The van der Waals surface area contributed by atoms with Crippen LogP contribution in [0.3, 0.4) is 0 Å². The molecular weight excluding hydrogens is 612 g/mol. The minimum Gasteiger partial charge on any atom is -0.339 e. The Hall–Kier alpha value is -3.73. The van der Waals surface area contributed by atoms with Crippen LogP contribution < -0.4 is 0 Å². The van der Waals surface area contributed by atoms with Crippen molar-refractivity contribution in [3.05, 3.63) is 93.1 Å². The zero-order valence-electron chi connectivity index (χ0n) is 30.2. The molecule has 0 N–H and O–H groups in total. The molecule has 5 heteroatoms. The lowest BCUT2D eigenvalue weighted by atomic mass is 9.79. The van der Waals surface area contributed by atoms with Gasteiger partial charge in [-0.15, -0.1) is 12.4 Å². The van der Waals surface area contributed by atoms with E-state index in [0.29, 0.717) is 17.8 Å². The van der Waals surface area contributed by atoms with Crippen LogP contribution in [0.4, 0.5) is 0 Å². The fraction of sp³-hybridized carbons (Fsp3) is 0.488. The Morgan fingerprint density at radius 3 is 1.31 bits per heavy atom. The van der Waals surface area contributed by atoms with Crippen LogP contribution in [0.15, 0.2) is 48.6 Å². The summed E-state index contributed by atoms with van der Waals surface area (Å²) in [6, 6.07) is 8.42. The van der Waals surface area contributed by atoms with Crippen molar-refractivity contribution < 1.29 is 9.59 Å². The Bertz CT molecular complexity index is 1450. The van der Waals surface area contributed by atoms with Crippen LogP contribution in [0, 0.1) is 83.0 Å². The summed E-state index contributed by atoms with van der Waals surface area (Å²) in [5.41, 5.74) is 9.57. The molecule has 2 fully saturated rings. The average Bonchev–Trinajstić information content (AvgIpc) is 3.06. The van der Waals surface area contributed by atoms with Crippen molar-refractivity contribution in [3.63, 3.8) is 0 Å².